The molecule has 0 saturated carbocycles. The predicted molar refractivity (Wildman–Crippen MR) is 56.3 cm³/mol. The zero-order valence-corrected chi connectivity index (χ0v) is 8.57. The number of carbonyl (C=O) groups is 1. The number of halogens is 1. The molecule has 2 rings (SSSR count). The molecule has 1 aliphatic heterocycles. The molecular formula is C10H9ClOS. The van der Waals surface area contributed by atoms with Crippen molar-refractivity contribution in [1.82, 2.24) is 0 Å². The van der Waals surface area contributed by atoms with Crippen LogP contribution < -0.4 is 0 Å². The van der Waals surface area contributed by atoms with Gasteiger partial charge in [0.1, 0.15) is 0 Å². The first-order valence-electron chi connectivity index (χ1n) is 4.17. The van der Waals surface area contributed by atoms with E-state index in [4.69, 9.17) is 11.6 Å². The van der Waals surface area contributed by atoms with E-state index in [1.54, 1.807) is 11.8 Å². The van der Waals surface area contributed by atoms with Gasteiger partial charge in [-0.2, -0.15) is 0 Å². The molecule has 0 aliphatic carbocycles. The Morgan fingerprint density at radius 1 is 1.31 bits per heavy atom. The van der Waals surface area contributed by atoms with E-state index in [0.29, 0.717) is 12.2 Å². The molecule has 1 fully saturated rings. The van der Waals surface area contributed by atoms with E-state index in [1.807, 2.05) is 24.3 Å². The van der Waals surface area contributed by atoms with E-state index in [0.717, 1.165) is 16.3 Å². The van der Waals surface area contributed by atoms with E-state index >= 15 is 0 Å². The quantitative estimate of drug-likeness (QED) is 0.712. The van der Waals surface area contributed by atoms with Crippen molar-refractivity contribution in [1.29, 1.82) is 0 Å². The van der Waals surface area contributed by atoms with Crippen molar-refractivity contribution in [3.8, 4) is 0 Å². The van der Waals surface area contributed by atoms with Crippen LogP contribution in [0.4, 0.5) is 0 Å². The van der Waals surface area contributed by atoms with Gasteiger partial charge in [-0.25, -0.2) is 0 Å². The summed E-state index contributed by atoms with van der Waals surface area (Å²) < 4.78 is 0. The first-order valence-corrected chi connectivity index (χ1v) is 5.60. The van der Waals surface area contributed by atoms with Gasteiger partial charge in [-0.15, -0.1) is 11.8 Å². The maximum Gasteiger partial charge on any atom is 0.151 e. The zero-order chi connectivity index (χ0) is 9.26. The zero-order valence-electron chi connectivity index (χ0n) is 7.00. The van der Waals surface area contributed by atoms with Gasteiger partial charge in [0.05, 0.1) is 5.25 Å². The molecule has 1 aromatic carbocycles. The number of carbonyl (C=O) groups excluding carboxylic acids is 1. The molecule has 1 aromatic rings. The fraction of sp³-hybridized carbons (Fsp3) is 0.300. The molecule has 13 heavy (non-hydrogen) atoms. The Hall–Kier alpha value is -0.470. The lowest BCUT2D eigenvalue weighted by Crippen LogP contribution is -2.01. The molecule has 0 bridgehead atoms. The lowest BCUT2D eigenvalue weighted by atomic mass is 10.1. The minimum Gasteiger partial charge on any atom is -0.298 e. The second kappa shape index (κ2) is 3.72. The van der Waals surface area contributed by atoms with Crippen LogP contribution in [0.1, 0.15) is 17.2 Å². The molecule has 1 unspecified atom stereocenters. The molecule has 1 aliphatic rings. The normalized spacial score (nSPS) is 22.2. The van der Waals surface area contributed by atoms with Crippen molar-refractivity contribution < 1.29 is 4.79 Å². The van der Waals surface area contributed by atoms with Crippen molar-refractivity contribution in [2.24, 2.45) is 0 Å². The third-order valence-electron chi connectivity index (χ3n) is 2.10. The van der Waals surface area contributed by atoms with Crippen molar-refractivity contribution >= 4 is 29.1 Å². The number of hydrogen-bond acceptors (Lipinski definition) is 2. The molecule has 1 nitrogen and oxygen atoms in total. The first kappa shape index (κ1) is 9.10. The average molecular weight is 213 g/mol. The highest BCUT2D eigenvalue weighted by atomic mass is 35.5. The molecular weight excluding hydrogens is 204 g/mol. The standard InChI is InChI=1S/C10H9ClOS/c11-8-3-1-7(2-4-8)10-9(12)5-6-13-10/h1-4,10H,5-6H2. The van der Waals surface area contributed by atoms with Crippen molar-refractivity contribution in [3.05, 3.63) is 34.9 Å². The van der Waals surface area contributed by atoms with Crippen LogP contribution in [0.25, 0.3) is 0 Å². The summed E-state index contributed by atoms with van der Waals surface area (Å²) in [6.45, 7) is 0. The van der Waals surface area contributed by atoms with Crippen LogP contribution in [-0.2, 0) is 4.79 Å². The van der Waals surface area contributed by atoms with Gasteiger partial charge >= 0.3 is 0 Å². The summed E-state index contributed by atoms with van der Waals surface area (Å²) in [6, 6.07) is 7.54. The maximum atomic E-state index is 11.4. The number of benzene rings is 1. The largest absolute Gasteiger partial charge is 0.298 e. The third-order valence-corrected chi connectivity index (χ3v) is 3.66. The monoisotopic (exact) mass is 212 g/mol. The van der Waals surface area contributed by atoms with Crippen LogP contribution in [0.15, 0.2) is 24.3 Å². The predicted octanol–water partition coefficient (Wildman–Crippen LogP) is 3.09. The van der Waals surface area contributed by atoms with Gasteiger partial charge in [0, 0.05) is 17.2 Å². The van der Waals surface area contributed by atoms with E-state index in [-0.39, 0.29) is 5.25 Å². The second-order valence-electron chi connectivity index (χ2n) is 3.02. The van der Waals surface area contributed by atoms with Crippen LogP contribution in [-0.4, -0.2) is 11.5 Å². The van der Waals surface area contributed by atoms with E-state index < -0.39 is 0 Å². The summed E-state index contributed by atoms with van der Waals surface area (Å²) in [4.78, 5) is 11.4. The van der Waals surface area contributed by atoms with Crippen LogP contribution in [0.2, 0.25) is 5.02 Å². The molecule has 0 amide bonds. The molecule has 0 spiro atoms. The Bertz CT molecular complexity index is 320. The molecule has 1 atom stereocenters. The third kappa shape index (κ3) is 1.89. The summed E-state index contributed by atoms with van der Waals surface area (Å²) in [5.41, 5.74) is 1.08. The van der Waals surface area contributed by atoms with Crippen molar-refractivity contribution in [2.75, 3.05) is 5.75 Å². The molecule has 0 N–H and O–H groups in total. The minimum absolute atomic E-state index is 0.0530. The topological polar surface area (TPSA) is 17.1 Å². The summed E-state index contributed by atoms with van der Waals surface area (Å²) >= 11 is 7.48. The van der Waals surface area contributed by atoms with Crippen LogP contribution in [0.3, 0.4) is 0 Å². The number of thioether (sulfide) groups is 1. The molecule has 3 heteroatoms. The highest BCUT2D eigenvalue weighted by molar-refractivity contribution is 8.00. The molecule has 0 aromatic heterocycles. The van der Waals surface area contributed by atoms with E-state index in [9.17, 15) is 4.79 Å². The summed E-state index contributed by atoms with van der Waals surface area (Å²) in [6.07, 6.45) is 0.706. The Morgan fingerprint density at radius 2 is 2.00 bits per heavy atom. The average Bonchev–Trinajstić information content (AvgIpc) is 2.53. The van der Waals surface area contributed by atoms with Gasteiger partial charge in [0.25, 0.3) is 0 Å². The van der Waals surface area contributed by atoms with E-state index in [2.05, 4.69) is 0 Å². The van der Waals surface area contributed by atoms with Crippen LogP contribution in [0.5, 0.6) is 0 Å². The Balaban J connectivity index is 2.25. The SMILES string of the molecule is O=C1CCSC1c1ccc(Cl)cc1. The van der Waals surface area contributed by atoms with E-state index in [1.165, 1.54) is 0 Å². The molecule has 1 heterocycles. The van der Waals surface area contributed by atoms with Gasteiger partial charge in [-0.1, -0.05) is 23.7 Å². The van der Waals surface area contributed by atoms with Gasteiger partial charge in [-0.3, -0.25) is 4.79 Å². The highest BCUT2D eigenvalue weighted by Crippen LogP contribution is 2.37. The van der Waals surface area contributed by atoms with Gasteiger partial charge in [-0.05, 0) is 17.7 Å². The minimum atomic E-state index is 0.0530. The second-order valence-corrected chi connectivity index (χ2v) is 4.67. The number of Topliss-reactive ketones (excluding diaryl/α,β-unsaturated/α-hetero) is 1. The fourth-order valence-corrected chi connectivity index (χ4v) is 2.76. The fourth-order valence-electron chi connectivity index (χ4n) is 1.42. The Kier molecular flexibility index (Phi) is 2.61. The Morgan fingerprint density at radius 3 is 2.54 bits per heavy atom. The summed E-state index contributed by atoms with van der Waals surface area (Å²) in [5, 5.41) is 0.775. The van der Waals surface area contributed by atoms with Crippen LogP contribution in [0, 0.1) is 0 Å². The van der Waals surface area contributed by atoms with Crippen LogP contribution >= 0.6 is 23.4 Å². The maximum absolute atomic E-state index is 11.4. The summed E-state index contributed by atoms with van der Waals surface area (Å²) in [5.74, 6) is 1.29. The molecule has 1 saturated heterocycles. The van der Waals surface area contributed by atoms with Gasteiger partial charge < -0.3 is 0 Å². The van der Waals surface area contributed by atoms with Gasteiger partial charge in [0.15, 0.2) is 5.78 Å². The first-order chi connectivity index (χ1) is 6.27. The molecule has 68 valence electrons. The number of rotatable bonds is 1. The number of ketones is 1. The van der Waals surface area contributed by atoms with Crippen molar-refractivity contribution in [2.45, 2.75) is 11.7 Å². The van der Waals surface area contributed by atoms with Crippen molar-refractivity contribution in [3.63, 3.8) is 0 Å². The smallest absolute Gasteiger partial charge is 0.151 e. The Labute approximate surface area is 86.5 Å². The summed E-state index contributed by atoms with van der Waals surface area (Å²) in [7, 11) is 0. The highest BCUT2D eigenvalue weighted by Gasteiger charge is 2.26. The number of hydrogen-bond donors (Lipinski definition) is 0. The lowest BCUT2D eigenvalue weighted by molar-refractivity contribution is -0.117. The van der Waals surface area contributed by atoms with Gasteiger partial charge in [0.2, 0.25) is 0 Å². The lowest BCUT2D eigenvalue weighted by Gasteiger charge is -2.06. The molecule has 0 radical (unpaired) electrons.